The number of rotatable bonds is 5. The van der Waals surface area contributed by atoms with E-state index in [0.29, 0.717) is 5.69 Å². The Labute approximate surface area is 172 Å². The van der Waals surface area contributed by atoms with Crippen molar-refractivity contribution >= 4 is 11.6 Å². The first kappa shape index (κ1) is 20.5. The number of amides is 1. The van der Waals surface area contributed by atoms with Crippen molar-refractivity contribution in [2.75, 3.05) is 44.8 Å². The fourth-order valence-corrected chi connectivity index (χ4v) is 3.55. The highest BCUT2D eigenvalue weighted by Crippen LogP contribution is 2.33. The van der Waals surface area contributed by atoms with E-state index in [9.17, 15) is 18.0 Å². The number of ether oxygens (including phenoxy) is 2. The molecule has 2 aromatic rings. The minimum absolute atomic E-state index is 0.207. The van der Waals surface area contributed by atoms with Gasteiger partial charge in [-0.1, -0.05) is 6.07 Å². The summed E-state index contributed by atoms with van der Waals surface area (Å²) < 4.78 is 48.6. The molecule has 0 atom stereocenters. The van der Waals surface area contributed by atoms with Crippen molar-refractivity contribution in [3.63, 3.8) is 0 Å². The minimum Gasteiger partial charge on any atom is -0.454 e. The van der Waals surface area contributed by atoms with Gasteiger partial charge in [0.25, 0.3) is 0 Å². The van der Waals surface area contributed by atoms with Crippen LogP contribution < -0.4 is 14.8 Å². The Hall–Kier alpha value is -2.78. The highest BCUT2D eigenvalue weighted by Gasteiger charge is 2.30. The second-order valence-corrected chi connectivity index (χ2v) is 7.36. The van der Waals surface area contributed by atoms with Crippen LogP contribution in [0.3, 0.4) is 0 Å². The van der Waals surface area contributed by atoms with E-state index in [-0.39, 0.29) is 19.2 Å². The molecule has 2 heterocycles. The first-order chi connectivity index (χ1) is 14.4. The Morgan fingerprint density at radius 2 is 1.60 bits per heavy atom. The fraction of sp³-hybridized carbons (Fsp3) is 0.381. The Balaban J connectivity index is 1.22. The number of halogens is 3. The van der Waals surface area contributed by atoms with Crippen LogP contribution in [0.4, 0.5) is 18.9 Å². The van der Waals surface area contributed by atoms with Crippen molar-refractivity contribution in [3.8, 4) is 11.5 Å². The van der Waals surface area contributed by atoms with E-state index >= 15 is 0 Å². The van der Waals surface area contributed by atoms with E-state index in [0.717, 1.165) is 61.9 Å². The summed E-state index contributed by atoms with van der Waals surface area (Å²) in [6.45, 7) is 4.38. The second kappa shape index (κ2) is 8.53. The lowest BCUT2D eigenvalue weighted by Gasteiger charge is -2.34. The highest BCUT2D eigenvalue weighted by molar-refractivity contribution is 5.92. The number of alkyl halides is 3. The molecule has 0 aliphatic carbocycles. The van der Waals surface area contributed by atoms with Gasteiger partial charge < -0.3 is 14.8 Å². The molecule has 9 heteroatoms. The average molecular weight is 421 g/mol. The van der Waals surface area contributed by atoms with E-state index < -0.39 is 11.7 Å². The van der Waals surface area contributed by atoms with Gasteiger partial charge in [-0.05, 0) is 42.0 Å². The summed E-state index contributed by atoms with van der Waals surface area (Å²) in [6.07, 6.45) is -4.39. The normalized spacial score (nSPS) is 17.2. The molecule has 0 bridgehead atoms. The maximum Gasteiger partial charge on any atom is 0.416 e. The molecule has 4 rings (SSSR count). The molecule has 6 nitrogen and oxygen atoms in total. The molecule has 0 spiro atoms. The first-order valence-corrected chi connectivity index (χ1v) is 9.67. The predicted molar refractivity (Wildman–Crippen MR) is 104 cm³/mol. The number of hydrogen-bond acceptors (Lipinski definition) is 5. The predicted octanol–water partition coefficient (Wildman–Crippen LogP) is 3.19. The average Bonchev–Trinajstić information content (AvgIpc) is 3.17. The number of nitrogens with one attached hydrogen (secondary N) is 1. The van der Waals surface area contributed by atoms with Crippen LogP contribution in [0.5, 0.6) is 11.5 Å². The lowest BCUT2D eigenvalue weighted by Crippen LogP contribution is -2.48. The van der Waals surface area contributed by atoms with Gasteiger partial charge in [-0.2, -0.15) is 13.2 Å². The van der Waals surface area contributed by atoms with Crippen molar-refractivity contribution in [3.05, 3.63) is 53.6 Å². The molecular formula is C21H22F3N3O3. The molecule has 160 valence electrons. The van der Waals surface area contributed by atoms with Crippen molar-refractivity contribution in [1.29, 1.82) is 0 Å². The Bertz CT molecular complexity index is 895. The Morgan fingerprint density at radius 3 is 2.30 bits per heavy atom. The Morgan fingerprint density at radius 1 is 0.933 bits per heavy atom. The summed E-state index contributed by atoms with van der Waals surface area (Å²) in [7, 11) is 0. The van der Waals surface area contributed by atoms with Gasteiger partial charge in [0.05, 0.1) is 12.1 Å². The van der Waals surface area contributed by atoms with Crippen molar-refractivity contribution in [1.82, 2.24) is 9.80 Å². The minimum atomic E-state index is -4.39. The van der Waals surface area contributed by atoms with Crippen molar-refractivity contribution in [2.24, 2.45) is 0 Å². The van der Waals surface area contributed by atoms with E-state index in [2.05, 4.69) is 10.2 Å². The number of benzene rings is 2. The van der Waals surface area contributed by atoms with E-state index in [4.69, 9.17) is 9.47 Å². The van der Waals surface area contributed by atoms with Crippen molar-refractivity contribution < 1.29 is 27.4 Å². The molecule has 2 aliphatic heterocycles. The first-order valence-electron chi connectivity index (χ1n) is 9.67. The van der Waals surface area contributed by atoms with E-state index in [1.165, 1.54) is 12.1 Å². The summed E-state index contributed by atoms with van der Waals surface area (Å²) in [5.74, 6) is 1.30. The quantitative estimate of drug-likeness (QED) is 0.804. The lowest BCUT2D eigenvalue weighted by molar-refractivity contribution is -0.137. The SMILES string of the molecule is O=C(CN1CCN(Cc2ccc3c(c2)OCO3)CC1)Nc1ccc(C(F)(F)F)cc1. The zero-order valence-electron chi connectivity index (χ0n) is 16.2. The van der Waals surface area contributed by atoms with Gasteiger partial charge in [0.15, 0.2) is 11.5 Å². The van der Waals surface area contributed by atoms with Gasteiger partial charge in [-0.15, -0.1) is 0 Å². The molecule has 0 unspecified atom stereocenters. The molecular weight excluding hydrogens is 399 g/mol. The van der Waals surface area contributed by atoms with Gasteiger partial charge in [0, 0.05) is 38.4 Å². The molecule has 2 aliphatic rings. The number of carbonyl (C=O) groups is 1. The lowest BCUT2D eigenvalue weighted by atomic mass is 10.1. The molecule has 2 aromatic carbocycles. The summed E-state index contributed by atoms with van der Waals surface area (Å²) in [5, 5.41) is 2.66. The zero-order valence-corrected chi connectivity index (χ0v) is 16.2. The summed E-state index contributed by atoms with van der Waals surface area (Å²) in [5.41, 5.74) is 0.765. The monoisotopic (exact) mass is 421 g/mol. The third-order valence-electron chi connectivity index (χ3n) is 5.17. The van der Waals surface area contributed by atoms with Gasteiger partial charge in [0.1, 0.15) is 0 Å². The van der Waals surface area contributed by atoms with Crippen LogP contribution in [0, 0.1) is 0 Å². The number of piperazine rings is 1. The number of carbonyl (C=O) groups excluding carboxylic acids is 1. The summed E-state index contributed by atoms with van der Waals surface area (Å²) in [6, 6.07) is 10.4. The fourth-order valence-electron chi connectivity index (χ4n) is 3.55. The van der Waals surface area contributed by atoms with Crippen LogP contribution >= 0.6 is 0 Å². The molecule has 30 heavy (non-hydrogen) atoms. The summed E-state index contributed by atoms with van der Waals surface area (Å²) >= 11 is 0. The molecule has 1 saturated heterocycles. The van der Waals surface area contributed by atoms with Crippen LogP contribution in [-0.4, -0.2) is 55.2 Å². The van der Waals surface area contributed by atoms with Crippen LogP contribution in [0.15, 0.2) is 42.5 Å². The molecule has 0 aromatic heterocycles. The molecule has 0 radical (unpaired) electrons. The Kier molecular flexibility index (Phi) is 5.83. The van der Waals surface area contributed by atoms with E-state index in [1.54, 1.807) is 0 Å². The second-order valence-electron chi connectivity index (χ2n) is 7.36. The molecule has 1 amide bonds. The van der Waals surface area contributed by atoms with Gasteiger partial charge in [-0.25, -0.2) is 0 Å². The third kappa shape index (κ3) is 5.03. The number of anilines is 1. The topological polar surface area (TPSA) is 54.0 Å². The van der Waals surface area contributed by atoms with Crippen molar-refractivity contribution in [2.45, 2.75) is 12.7 Å². The zero-order chi connectivity index (χ0) is 21.1. The smallest absolute Gasteiger partial charge is 0.416 e. The van der Waals surface area contributed by atoms with Crippen LogP contribution in [-0.2, 0) is 17.5 Å². The largest absolute Gasteiger partial charge is 0.454 e. The van der Waals surface area contributed by atoms with E-state index in [1.807, 2.05) is 23.1 Å². The maximum absolute atomic E-state index is 12.6. The molecule has 1 N–H and O–H groups in total. The molecule has 0 saturated carbocycles. The third-order valence-corrected chi connectivity index (χ3v) is 5.17. The highest BCUT2D eigenvalue weighted by atomic mass is 19.4. The maximum atomic E-state index is 12.6. The summed E-state index contributed by atoms with van der Waals surface area (Å²) in [4.78, 5) is 16.6. The van der Waals surface area contributed by atoms with Crippen LogP contribution in [0.1, 0.15) is 11.1 Å². The standard InChI is InChI=1S/C21H22F3N3O3/c22-21(23,24)16-2-4-17(5-3-16)25-20(28)13-27-9-7-26(8-10-27)12-15-1-6-18-19(11-15)30-14-29-18/h1-6,11H,7-10,12-14H2,(H,25,28). The van der Waals surface area contributed by atoms with Gasteiger partial charge >= 0.3 is 6.18 Å². The number of hydrogen-bond donors (Lipinski definition) is 1. The van der Waals surface area contributed by atoms with Gasteiger partial charge in [-0.3, -0.25) is 14.6 Å². The van der Waals surface area contributed by atoms with Gasteiger partial charge in [0.2, 0.25) is 12.7 Å². The number of nitrogens with zero attached hydrogens (tertiary/aromatic N) is 2. The molecule has 1 fully saturated rings. The number of fused-ring (bicyclic) bond motifs is 1. The van der Waals surface area contributed by atoms with Crippen LogP contribution in [0.25, 0.3) is 0 Å². The van der Waals surface area contributed by atoms with Crippen LogP contribution in [0.2, 0.25) is 0 Å².